The Balaban J connectivity index is -0.0000000765. The summed E-state index contributed by atoms with van der Waals surface area (Å²) >= 11 is 0. The van der Waals surface area contributed by atoms with E-state index in [9.17, 15) is 38.1 Å². The summed E-state index contributed by atoms with van der Waals surface area (Å²) in [6.45, 7) is 0.942. The van der Waals surface area contributed by atoms with E-state index in [2.05, 4.69) is 13.4 Å². The summed E-state index contributed by atoms with van der Waals surface area (Å²) in [5, 5.41) is 44.8. The van der Waals surface area contributed by atoms with Crippen molar-refractivity contribution in [3.63, 3.8) is 0 Å². The Labute approximate surface area is 301 Å². The molecule has 0 amide bonds. The van der Waals surface area contributed by atoms with E-state index < -0.39 is 67.1 Å². The number of hydrogen-bond donors (Lipinski definition) is 13. The second kappa shape index (κ2) is 23.7. The molecule has 22 nitrogen and oxygen atoms in total. The van der Waals surface area contributed by atoms with Crippen molar-refractivity contribution in [3.8, 4) is 0 Å². The van der Waals surface area contributed by atoms with E-state index in [1.54, 1.807) is 0 Å². The summed E-state index contributed by atoms with van der Waals surface area (Å²) in [6, 6.07) is 0. The summed E-state index contributed by atoms with van der Waals surface area (Å²) in [5.74, 6) is -3.38. The fourth-order valence-electron chi connectivity index (χ4n) is 1.26. The van der Waals surface area contributed by atoms with Gasteiger partial charge in [0.05, 0.1) is 0 Å². The first kappa shape index (κ1) is 57.0. The minimum atomic E-state index is -5.05. The summed E-state index contributed by atoms with van der Waals surface area (Å²) in [6.07, 6.45) is -6.58. The summed E-state index contributed by atoms with van der Waals surface area (Å²) in [4.78, 5) is 83.1. The molecule has 0 bridgehead atoms. The van der Waals surface area contributed by atoms with E-state index in [4.69, 9.17) is 54.5 Å². The summed E-state index contributed by atoms with van der Waals surface area (Å²) < 4.78 is 48.9. The number of aliphatic hydroxyl groups excluding tert-OH is 3. The van der Waals surface area contributed by atoms with E-state index in [1.165, 1.54) is 0 Å². The van der Waals surface area contributed by atoms with Crippen molar-refractivity contribution in [2.45, 2.75) is 30.8 Å². The van der Waals surface area contributed by atoms with Gasteiger partial charge in [-0.2, -0.15) is 8.62 Å². The number of carboxylic acids is 2. The first-order valence-electron chi connectivity index (χ1n) is 7.30. The average molecular weight is 690 g/mol. The van der Waals surface area contributed by atoms with Crippen LogP contribution in [0.25, 0.3) is 0 Å². The predicted octanol–water partition coefficient (Wildman–Crippen LogP) is -6.57. The van der Waals surface area contributed by atoms with Crippen LogP contribution in [0, 0.1) is 0 Å². The number of hydrogen-bond acceptors (Lipinski definition) is 12. The van der Waals surface area contributed by atoms with Gasteiger partial charge in [-0.25, -0.2) is 27.8 Å². The van der Waals surface area contributed by atoms with Gasteiger partial charge < -0.3 is 69.4 Å². The molecule has 13 N–H and O–H groups in total. The summed E-state index contributed by atoms with van der Waals surface area (Å²) in [5.41, 5.74) is -2.21. The van der Waals surface area contributed by atoms with Crippen molar-refractivity contribution in [1.82, 2.24) is 0 Å². The van der Waals surface area contributed by atoms with E-state index in [0.717, 1.165) is 14.0 Å². The Morgan fingerprint density at radius 1 is 0.658 bits per heavy atom. The zero-order chi connectivity index (χ0) is 28.5. The van der Waals surface area contributed by atoms with Gasteiger partial charge in [0.2, 0.25) is 0 Å². The molecule has 0 aliphatic heterocycles. The molecule has 0 aliphatic carbocycles. The Morgan fingerprint density at radius 2 is 0.895 bits per heavy atom. The summed E-state index contributed by atoms with van der Waals surface area (Å²) in [7, 11) is -19.2. The number of phosphoric acid groups is 4. The number of ether oxygens (including phenoxy) is 1. The van der Waals surface area contributed by atoms with Gasteiger partial charge in [-0.05, 0) is 6.92 Å². The van der Waals surface area contributed by atoms with Crippen LogP contribution in [0.2, 0.25) is 0 Å². The molecule has 0 unspecified atom stereocenters. The molecule has 4 atom stereocenters. The molecule has 0 spiro atoms. The van der Waals surface area contributed by atoms with Crippen LogP contribution in [0.5, 0.6) is 0 Å². The molecule has 214 valence electrons. The van der Waals surface area contributed by atoms with E-state index in [-0.39, 0.29) is 118 Å². The molecule has 0 heterocycles. The molecule has 0 aromatic rings. The van der Waals surface area contributed by atoms with Crippen LogP contribution >= 0.6 is 31.3 Å². The van der Waals surface area contributed by atoms with Crippen molar-refractivity contribution in [1.29, 1.82) is 0 Å². The molecule has 38 heavy (non-hydrogen) atoms. The van der Waals surface area contributed by atoms with Crippen molar-refractivity contribution >= 4 is 161 Å². The second-order valence-electron chi connectivity index (χ2n) is 5.46. The van der Waals surface area contributed by atoms with Crippen molar-refractivity contribution in [2.75, 3.05) is 7.11 Å². The standard InChI is InChI=1S/C8H14O8.4Na.2H4O7P2.4H/c1-8(16-2,7(14)15)5(11)3(9)4(10)6(12)13;;;;;2*1-8(2,3)7-9(4,5)6;;;;/h3-5,9-11H,1-2H3,(H,12,13)(H,14,15);;;;;2*(H2,1,2,3)(H2,4,5,6);;;;/t3-,4-,5-,8+;;;;;;;;;;/m0........../s1. The fourth-order valence-corrected chi connectivity index (χ4v) is 3.47. The maximum atomic E-state index is 10.8. The molecule has 0 aromatic heterocycles. The molecular weight excluding hydrogens is 664 g/mol. The molecule has 30 heteroatoms. The average Bonchev–Trinajstić information content (AvgIpc) is 2.53. The molecule has 0 aliphatic rings. The van der Waals surface area contributed by atoms with Crippen LogP contribution < -0.4 is 0 Å². The monoisotopic (exact) mass is 690 g/mol. The number of carboxylic acid groups (broad SMARTS) is 2. The number of carbonyl (C=O) groups is 2. The van der Waals surface area contributed by atoms with Gasteiger partial charge in [-0.1, -0.05) is 0 Å². The van der Waals surface area contributed by atoms with Gasteiger partial charge >= 0.3 is 161 Å². The van der Waals surface area contributed by atoms with Crippen molar-refractivity contribution < 1.29 is 106 Å². The van der Waals surface area contributed by atoms with Gasteiger partial charge in [0.15, 0.2) is 11.7 Å². The zero-order valence-corrected chi connectivity index (χ0v) is 20.1. The molecule has 0 saturated carbocycles. The Kier molecular flexibility index (Phi) is 35.5. The topological polar surface area (TPSA) is 393 Å². The number of methoxy groups -OCH3 is 1. The van der Waals surface area contributed by atoms with Crippen LogP contribution in [0.1, 0.15) is 6.92 Å². The Hall–Kier alpha value is 3.30. The normalized spacial score (nSPS) is 15.2. The third-order valence-corrected chi connectivity index (χ3v) is 6.14. The van der Waals surface area contributed by atoms with E-state index in [1.807, 2.05) is 0 Å². The minimum absolute atomic E-state index is 0. The molecule has 0 aromatic carbocycles. The Morgan fingerprint density at radius 3 is 1.00 bits per heavy atom. The van der Waals surface area contributed by atoms with Crippen LogP contribution in [0.4, 0.5) is 0 Å². The first-order valence-corrected chi connectivity index (χ1v) is 13.4. The first-order chi connectivity index (χ1) is 14.6. The zero-order valence-electron chi connectivity index (χ0n) is 16.5. The molecule has 0 radical (unpaired) electrons. The fraction of sp³-hybridized carbons (Fsp3) is 0.750. The molecule has 0 rings (SSSR count). The SMILES string of the molecule is CO[C@@](C)(C(=O)O)[C@@H](O)[C@@H](O)[C@H](O)C(=O)O.O=P(O)(O)OP(=O)(O)O.O=P(O)(O)OP(=O)(O)O.[NaH].[NaH].[NaH].[NaH]. The van der Waals surface area contributed by atoms with Crippen LogP contribution in [0.3, 0.4) is 0 Å². The van der Waals surface area contributed by atoms with Crippen molar-refractivity contribution in [2.24, 2.45) is 0 Å². The van der Waals surface area contributed by atoms with Gasteiger partial charge in [-0.3, -0.25) is 0 Å². The van der Waals surface area contributed by atoms with Gasteiger partial charge in [-0.15, -0.1) is 0 Å². The molecule has 0 saturated heterocycles. The maximum absolute atomic E-state index is 10.8. The van der Waals surface area contributed by atoms with Gasteiger partial charge in [0.1, 0.15) is 12.2 Å². The van der Waals surface area contributed by atoms with E-state index in [0.29, 0.717) is 0 Å². The van der Waals surface area contributed by atoms with Crippen LogP contribution in [-0.4, -0.2) is 226 Å². The van der Waals surface area contributed by atoms with Gasteiger partial charge in [0, 0.05) is 7.11 Å². The Bertz CT molecular complexity index is 781. The third-order valence-electron chi connectivity index (χ3n) is 2.74. The quantitative estimate of drug-likeness (QED) is 0.0748. The molecular formula is C8H26Na4O22P4. The van der Waals surface area contributed by atoms with Crippen LogP contribution in [0.15, 0.2) is 0 Å². The van der Waals surface area contributed by atoms with Crippen molar-refractivity contribution in [3.05, 3.63) is 0 Å². The number of aliphatic hydroxyl groups is 3. The van der Waals surface area contributed by atoms with E-state index >= 15 is 0 Å². The third kappa shape index (κ3) is 32.2. The number of rotatable bonds is 10. The van der Waals surface area contributed by atoms with Crippen LogP contribution in [-0.2, 0) is 41.2 Å². The second-order valence-corrected chi connectivity index (χ2v) is 10.7. The predicted molar refractivity (Wildman–Crippen MR) is 128 cm³/mol. The molecule has 0 fully saturated rings. The number of aliphatic carboxylic acids is 2. The van der Waals surface area contributed by atoms with Gasteiger partial charge in [0.25, 0.3) is 0 Å².